The molecular formula is C18H25FN2O5S. The van der Waals surface area contributed by atoms with Gasteiger partial charge in [-0.05, 0) is 25.0 Å². The van der Waals surface area contributed by atoms with E-state index in [1.807, 2.05) is 0 Å². The Bertz CT molecular complexity index is 800. The van der Waals surface area contributed by atoms with Crippen LogP contribution in [0.1, 0.15) is 25.7 Å². The van der Waals surface area contributed by atoms with Gasteiger partial charge in [-0.15, -0.1) is 0 Å². The third kappa shape index (κ3) is 3.75. The number of hydrogen-bond acceptors (Lipinski definition) is 5. The number of hydrogen-bond donors (Lipinski definition) is 0. The summed E-state index contributed by atoms with van der Waals surface area (Å²) in [6.07, 6.45) is 1.48. The minimum atomic E-state index is -3.90. The molecule has 0 spiro atoms. The second-order valence-electron chi connectivity index (χ2n) is 6.89. The predicted octanol–water partition coefficient (Wildman–Crippen LogP) is 1.82. The average Bonchev–Trinajstić information content (AvgIpc) is 3.21. The molecular weight excluding hydrogens is 375 g/mol. The molecule has 3 rings (SSSR count). The molecule has 2 fully saturated rings. The van der Waals surface area contributed by atoms with E-state index in [0.717, 1.165) is 12.8 Å². The van der Waals surface area contributed by atoms with Gasteiger partial charge in [0.05, 0.1) is 14.2 Å². The van der Waals surface area contributed by atoms with Crippen LogP contribution in [0.3, 0.4) is 0 Å². The number of carbonyl (C=O) groups is 1. The number of piperidine rings is 1. The predicted molar refractivity (Wildman–Crippen MR) is 97.2 cm³/mol. The quantitative estimate of drug-likeness (QED) is 0.754. The van der Waals surface area contributed by atoms with Crippen molar-refractivity contribution in [1.29, 1.82) is 0 Å². The lowest BCUT2D eigenvalue weighted by atomic mass is 9.93. The number of carbonyl (C=O) groups excluding carboxylic acids is 1. The van der Waals surface area contributed by atoms with Crippen LogP contribution in [0.2, 0.25) is 0 Å². The summed E-state index contributed by atoms with van der Waals surface area (Å²) >= 11 is 0. The van der Waals surface area contributed by atoms with E-state index in [1.54, 1.807) is 11.0 Å². The van der Waals surface area contributed by atoms with Crippen molar-refractivity contribution in [1.82, 2.24) is 9.21 Å². The first-order valence-electron chi connectivity index (χ1n) is 9.02. The molecule has 7 nitrogen and oxygen atoms in total. The zero-order valence-corrected chi connectivity index (χ0v) is 16.4. The van der Waals surface area contributed by atoms with E-state index < -0.39 is 21.6 Å². The Balaban J connectivity index is 1.78. The first-order chi connectivity index (χ1) is 12.8. The smallest absolute Gasteiger partial charge is 0.260 e. The van der Waals surface area contributed by atoms with Gasteiger partial charge >= 0.3 is 0 Å². The summed E-state index contributed by atoms with van der Waals surface area (Å²) < 4.78 is 52.8. The van der Waals surface area contributed by atoms with Crippen LogP contribution in [0.4, 0.5) is 4.39 Å². The van der Waals surface area contributed by atoms with Gasteiger partial charge in [0.25, 0.3) is 5.91 Å². The van der Waals surface area contributed by atoms with E-state index in [-0.39, 0.29) is 36.6 Å². The number of amides is 1. The summed E-state index contributed by atoms with van der Waals surface area (Å²) in [5, 5.41) is 0. The summed E-state index contributed by atoms with van der Waals surface area (Å²) in [5.74, 6) is 0.0764. The summed E-state index contributed by atoms with van der Waals surface area (Å²) in [6, 6.07) is 4.52. The molecule has 0 saturated carbocycles. The van der Waals surface area contributed by atoms with Gasteiger partial charge in [-0.3, -0.25) is 4.79 Å². The first-order valence-corrected chi connectivity index (χ1v) is 10.5. The zero-order valence-electron chi connectivity index (χ0n) is 15.6. The fourth-order valence-corrected chi connectivity index (χ4v) is 5.24. The SMILES string of the molecule is COc1ccc(OC)c(S(=O)(=O)N2CCC(F)(C(=O)N3CCCC3)CC2)c1. The lowest BCUT2D eigenvalue weighted by Gasteiger charge is -2.36. The van der Waals surface area contributed by atoms with Crippen LogP contribution >= 0.6 is 0 Å². The summed E-state index contributed by atoms with van der Waals surface area (Å²) in [4.78, 5) is 14.0. The molecule has 0 radical (unpaired) electrons. The molecule has 1 amide bonds. The monoisotopic (exact) mass is 400 g/mol. The highest BCUT2D eigenvalue weighted by atomic mass is 32.2. The van der Waals surface area contributed by atoms with Crippen LogP contribution in [0, 0.1) is 0 Å². The molecule has 2 aliphatic heterocycles. The molecule has 0 unspecified atom stereocenters. The van der Waals surface area contributed by atoms with Crippen LogP contribution in [0.25, 0.3) is 0 Å². The molecule has 1 aromatic carbocycles. The lowest BCUT2D eigenvalue weighted by Crippen LogP contribution is -2.52. The highest BCUT2D eigenvalue weighted by Crippen LogP contribution is 2.35. The number of ether oxygens (including phenoxy) is 2. The van der Waals surface area contributed by atoms with Crippen molar-refractivity contribution in [3.63, 3.8) is 0 Å². The third-order valence-electron chi connectivity index (χ3n) is 5.28. The van der Waals surface area contributed by atoms with Crippen molar-refractivity contribution in [3.8, 4) is 11.5 Å². The number of halogens is 1. The summed E-state index contributed by atoms with van der Waals surface area (Å²) in [5.41, 5.74) is -1.99. The third-order valence-corrected chi connectivity index (χ3v) is 7.20. The Kier molecular flexibility index (Phi) is 5.62. The van der Waals surface area contributed by atoms with Gasteiger partial charge in [-0.1, -0.05) is 0 Å². The van der Waals surface area contributed by atoms with Crippen LogP contribution in [-0.4, -0.2) is 69.6 Å². The van der Waals surface area contributed by atoms with E-state index in [2.05, 4.69) is 0 Å². The van der Waals surface area contributed by atoms with Crippen molar-refractivity contribution in [2.24, 2.45) is 0 Å². The van der Waals surface area contributed by atoms with Gasteiger partial charge in [0.2, 0.25) is 10.0 Å². The molecule has 27 heavy (non-hydrogen) atoms. The first kappa shape index (κ1) is 19.9. The van der Waals surface area contributed by atoms with E-state index in [0.29, 0.717) is 18.8 Å². The van der Waals surface area contributed by atoms with Crippen LogP contribution < -0.4 is 9.47 Å². The minimum absolute atomic E-state index is 0.0263. The zero-order chi connectivity index (χ0) is 19.7. The van der Waals surface area contributed by atoms with Crippen LogP contribution in [0.15, 0.2) is 23.1 Å². The van der Waals surface area contributed by atoms with Crippen molar-refractivity contribution >= 4 is 15.9 Å². The standard InChI is InChI=1S/C18H25FN2O5S/c1-25-14-5-6-15(26-2)16(13-14)27(23,24)21-11-7-18(19,8-12-21)17(22)20-9-3-4-10-20/h5-6,13H,3-4,7-12H2,1-2H3. The number of benzene rings is 1. The van der Waals surface area contributed by atoms with Gasteiger partial charge in [-0.25, -0.2) is 12.8 Å². The lowest BCUT2D eigenvalue weighted by molar-refractivity contribution is -0.145. The van der Waals surface area contributed by atoms with E-state index in [9.17, 15) is 13.2 Å². The molecule has 2 heterocycles. The fourth-order valence-electron chi connectivity index (χ4n) is 3.62. The largest absolute Gasteiger partial charge is 0.497 e. The number of alkyl halides is 1. The Morgan fingerprint density at radius 1 is 1.07 bits per heavy atom. The topological polar surface area (TPSA) is 76.1 Å². The van der Waals surface area contributed by atoms with Crippen molar-refractivity contribution < 1.29 is 27.1 Å². The molecule has 0 aliphatic carbocycles. The van der Waals surface area contributed by atoms with E-state index >= 15 is 4.39 Å². The number of rotatable bonds is 5. The van der Waals surface area contributed by atoms with Gasteiger partial charge in [0.1, 0.15) is 16.4 Å². The van der Waals surface area contributed by atoms with Crippen molar-refractivity contribution in [3.05, 3.63) is 18.2 Å². The number of methoxy groups -OCH3 is 2. The Morgan fingerprint density at radius 2 is 1.70 bits per heavy atom. The van der Waals surface area contributed by atoms with Gasteiger partial charge in [-0.2, -0.15) is 4.31 Å². The maximum absolute atomic E-state index is 15.2. The Hall–Kier alpha value is -1.87. The second-order valence-corrected chi connectivity index (χ2v) is 8.79. The summed E-state index contributed by atoms with van der Waals surface area (Å²) in [6.45, 7) is 1.04. The summed E-state index contributed by atoms with van der Waals surface area (Å²) in [7, 11) is -1.06. The molecule has 1 aromatic rings. The molecule has 0 atom stereocenters. The Morgan fingerprint density at radius 3 is 2.26 bits per heavy atom. The fraction of sp³-hybridized carbons (Fsp3) is 0.611. The number of likely N-dealkylation sites (tertiary alicyclic amines) is 1. The van der Waals surface area contributed by atoms with Gasteiger partial charge < -0.3 is 14.4 Å². The van der Waals surface area contributed by atoms with Crippen LogP contribution in [0.5, 0.6) is 11.5 Å². The molecule has 0 bridgehead atoms. The molecule has 0 N–H and O–H groups in total. The molecule has 9 heteroatoms. The number of sulfonamides is 1. The number of nitrogens with zero attached hydrogens (tertiary/aromatic N) is 2. The average molecular weight is 400 g/mol. The normalized spacial score (nSPS) is 20.5. The second kappa shape index (κ2) is 7.63. The minimum Gasteiger partial charge on any atom is -0.497 e. The maximum atomic E-state index is 15.2. The van der Waals surface area contributed by atoms with Gasteiger partial charge in [0, 0.05) is 45.1 Å². The van der Waals surface area contributed by atoms with Crippen molar-refractivity contribution in [2.75, 3.05) is 40.4 Å². The van der Waals surface area contributed by atoms with Gasteiger partial charge in [0.15, 0.2) is 5.67 Å². The van der Waals surface area contributed by atoms with Crippen LogP contribution in [-0.2, 0) is 14.8 Å². The molecule has 150 valence electrons. The highest BCUT2D eigenvalue weighted by Gasteiger charge is 2.47. The van der Waals surface area contributed by atoms with E-state index in [4.69, 9.17) is 9.47 Å². The van der Waals surface area contributed by atoms with E-state index in [1.165, 1.54) is 30.7 Å². The maximum Gasteiger partial charge on any atom is 0.260 e. The molecule has 2 saturated heterocycles. The molecule has 0 aromatic heterocycles. The molecule has 2 aliphatic rings. The Labute approximate surface area is 159 Å². The van der Waals surface area contributed by atoms with Crippen molar-refractivity contribution in [2.45, 2.75) is 36.2 Å². The highest BCUT2D eigenvalue weighted by molar-refractivity contribution is 7.89.